The Labute approximate surface area is 90.6 Å². The normalized spacial score (nSPS) is 10.1. The Bertz CT molecular complexity index is 462. The van der Waals surface area contributed by atoms with Gasteiger partial charge in [0, 0.05) is 12.4 Å². The van der Waals surface area contributed by atoms with Gasteiger partial charge in [0.25, 0.3) is 0 Å². The predicted molar refractivity (Wildman–Crippen MR) is 55.9 cm³/mol. The van der Waals surface area contributed by atoms with Crippen LogP contribution in [-0.4, -0.2) is 20.2 Å². The van der Waals surface area contributed by atoms with E-state index >= 15 is 0 Å². The number of aromatic hydroxyl groups is 2. The molecule has 1 heterocycles. The van der Waals surface area contributed by atoms with Gasteiger partial charge in [0.2, 0.25) is 0 Å². The molecule has 0 unspecified atom stereocenters. The summed E-state index contributed by atoms with van der Waals surface area (Å²) in [6, 6.07) is 6.04. The third kappa shape index (κ3) is 2.38. The zero-order valence-corrected chi connectivity index (χ0v) is 8.48. The standard InChI is InChI=1S/C10H8N2O2S/c13-7-2-3-8(14)9(6-7)15-10-11-4-1-5-12-10/h1-6,13-14H. The van der Waals surface area contributed by atoms with Gasteiger partial charge in [-0.25, -0.2) is 9.97 Å². The van der Waals surface area contributed by atoms with E-state index in [9.17, 15) is 10.2 Å². The lowest BCUT2D eigenvalue weighted by Crippen LogP contribution is -1.83. The minimum Gasteiger partial charge on any atom is -0.508 e. The van der Waals surface area contributed by atoms with Gasteiger partial charge in [-0.1, -0.05) is 0 Å². The molecule has 0 aliphatic rings. The molecular formula is C10H8N2O2S. The van der Waals surface area contributed by atoms with Crippen molar-refractivity contribution in [2.75, 3.05) is 0 Å². The Morgan fingerprint density at radius 3 is 2.53 bits per heavy atom. The monoisotopic (exact) mass is 220 g/mol. The van der Waals surface area contributed by atoms with E-state index in [0.717, 1.165) is 0 Å². The predicted octanol–water partition coefficient (Wildman–Crippen LogP) is 2.04. The Hall–Kier alpha value is -1.75. The molecule has 0 atom stereocenters. The average Bonchev–Trinajstić information content (AvgIpc) is 2.25. The van der Waals surface area contributed by atoms with Crippen molar-refractivity contribution in [1.29, 1.82) is 0 Å². The highest BCUT2D eigenvalue weighted by molar-refractivity contribution is 7.99. The molecule has 2 N–H and O–H groups in total. The first-order chi connectivity index (χ1) is 7.25. The molecule has 0 fully saturated rings. The van der Waals surface area contributed by atoms with Crippen LogP contribution in [0.4, 0.5) is 0 Å². The van der Waals surface area contributed by atoms with Crippen molar-refractivity contribution in [2.45, 2.75) is 10.1 Å². The van der Waals surface area contributed by atoms with E-state index in [-0.39, 0.29) is 11.5 Å². The summed E-state index contributed by atoms with van der Waals surface area (Å²) in [6.07, 6.45) is 3.24. The van der Waals surface area contributed by atoms with Gasteiger partial charge in [-0.05, 0) is 36.0 Å². The first-order valence-corrected chi connectivity index (χ1v) is 5.04. The van der Waals surface area contributed by atoms with Crippen LogP contribution in [0.25, 0.3) is 0 Å². The van der Waals surface area contributed by atoms with Crippen molar-refractivity contribution in [3.63, 3.8) is 0 Å². The van der Waals surface area contributed by atoms with Crippen LogP contribution in [0.5, 0.6) is 11.5 Å². The van der Waals surface area contributed by atoms with Crippen LogP contribution in [0.1, 0.15) is 0 Å². The largest absolute Gasteiger partial charge is 0.508 e. The van der Waals surface area contributed by atoms with Crippen LogP contribution >= 0.6 is 11.8 Å². The van der Waals surface area contributed by atoms with Gasteiger partial charge < -0.3 is 10.2 Å². The molecular weight excluding hydrogens is 212 g/mol. The molecule has 0 bridgehead atoms. The number of hydrogen-bond donors (Lipinski definition) is 2. The van der Waals surface area contributed by atoms with E-state index in [4.69, 9.17) is 0 Å². The van der Waals surface area contributed by atoms with Gasteiger partial charge in [-0.3, -0.25) is 0 Å². The fourth-order valence-corrected chi connectivity index (χ4v) is 1.80. The summed E-state index contributed by atoms with van der Waals surface area (Å²) in [4.78, 5) is 8.54. The van der Waals surface area contributed by atoms with Crippen molar-refractivity contribution < 1.29 is 10.2 Å². The van der Waals surface area contributed by atoms with Gasteiger partial charge >= 0.3 is 0 Å². The summed E-state index contributed by atoms with van der Waals surface area (Å²) in [7, 11) is 0. The molecule has 15 heavy (non-hydrogen) atoms. The number of hydrogen-bond acceptors (Lipinski definition) is 5. The van der Waals surface area contributed by atoms with Crippen LogP contribution in [-0.2, 0) is 0 Å². The second kappa shape index (κ2) is 4.18. The molecule has 1 aromatic carbocycles. The van der Waals surface area contributed by atoms with E-state index < -0.39 is 0 Å². The number of nitrogens with zero attached hydrogens (tertiary/aromatic N) is 2. The number of phenols is 2. The molecule has 0 aliphatic carbocycles. The fraction of sp³-hybridized carbons (Fsp3) is 0. The van der Waals surface area contributed by atoms with E-state index in [0.29, 0.717) is 10.1 Å². The first kappa shape index (κ1) is 9.79. The van der Waals surface area contributed by atoms with Gasteiger partial charge in [0.1, 0.15) is 11.5 Å². The Balaban J connectivity index is 2.28. The number of aromatic nitrogens is 2. The number of rotatable bonds is 2. The van der Waals surface area contributed by atoms with Gasteiger partial charge in [-0.2, -0.15) is 0 Å². The summed E-state index contributed by atoms with van der Waals surface area (Å²) >= 11 is 1.20. The summed E-state index contributed by atoms with van der Waals surface area (Å²) in [5.41, 5.74) is 0. The minimum absolute atomic E-state index is 0.102. The molecule has 0 saturated carbocycles. The lowest BCUT2D eigenvalue weighted by Gasteiger charge is -2.02. The summed E-state index contributed by atoms with van der Waals surface area (Å²) in [5, 5.41) is 19.3. The second-order valence-electron chi connectivity index (χ2n) is 2.79. The van der Waals surface area contributed by atoms with Crippen LogP contribution in [0.15, 0.2) is 46.7 Å². The van der Waals surface area contributed by atoms with Gasteiger partial charge in [0.15, 0.2) is 5.16 Å². The maximum Gasteiger partial charge on any atom is 0.192 e. The maximum absolute atomic E-state index is 9.51. The van der Waals surface area contributed by atoms with Crippen LogP contribution in [0.2, 0.25) is 0 Å². The molecule has 2 rings (SSSR count). The maximum atomic E-state index is 9.51. The SMILES string of the molecule is Oc1ccc(O)c(Sc2ncccn2)c1. The molecule has 0 saturated heterocycles. The van der Waals surface area contributed by atoms with Crippen molar-refractivity contribution in [2.24, 2.45) is 0 Å². The van der Waals surface area contributed by atoms with E-state index in [2.05, 4.69) is 9.97 Å². The van der Waals surface area contributed by atoms with Crippen LogP contribution < -0.4 is 0 Å². The first-order valence-electron chi connectivity index (χ1n) is 4.22. The van der Waals surface area contributed by atoms with E-state index in [1.807, 2.05) is 0 Å². The molecule has 5 heteroatoms. The highest BCUT2D eigenvalue weighted by atomic mass is 32.2. The van der Waals surface area contributed by atoms with E-state index in [1.165, 1.54) is 30.0 Å². The van der Waals surface area contributed by atoms with Crippen molar-refractivity contribution in [3.8, 4) is 11.5 Å². The molecule has 0 amide bonds. The molecule has 0 radical (unpaired) electrons. The smallest absolute Gasteiger partial charge is 0.192 e. The van der Waals surface area contributed by atoms with Crippen LogP contribution in [0, 0.1) is 0 Å². The summed E-state index contributed by atoms with van der Waals surface area (Å²) in [6.45, 7) is 0. The average molecular weight is 220 g/mol. The number of phenolic OH excluding ortho intramolecular Hbond substituents is 2. The lowest BCUT2D eigenvalue weighted by atomic mass is 10.3. The Morgan fingerprint density at radius 1 is 1.07 bits per heavy atom. The van der Waals surface area contributed by atoms with Crippen molar-refractivity contribution in [1.82, 2.24) is 9.97 Å². The third-order valence-electron chi connectivity index (χ3n) is 1.69. The molecule has 4 nitrogen and oxygen atoms in total. The van der Waals surface area contributed by atoms with Gasteiger partial charge in [0.05, 0.1) is 4.90 Å². The highest BCUT2D eigenvalue weighted by Crippen LogP contribution is 2.34. The Kier molecular flexibility index (Phi) is 2.73. The minimum atomic E-state index is 0.102. The molecule has 0 spiro atoms. The van der Waals surface area contributed by atoms with Crippen molar-refractivity contribution in [3.05, 3.63) is 36.7 Å². The third-order valence-corrected chi connectivity index (χ3v) is 2.63. The van der Waals surface area contributed by atoms with Gasteiger partial charge in [-0.15, -0.1) is 0 Å². The number of benzene rings is 1. The van der Waals surface area contributed by atoms with Crippen molar-refractivity contribution >= 4 is 11.8 Å². The zero-order chi connectivity index (χ0) is 10.7. The quantitative estimate of drug-likeness (QED) is 0.599. The topological polar surface area (TPSA) is 66.2 Å². The molecule has 1 aromatic heterocycles. The van der Waals surface area contributed by atoms with E-state index in [1.54, 1.807) is 18.5 Å². The molecule has 2 aromatic rings. The summed E-state index contributed by atoms with van der Waals surface area (Å²) in [5.74, 6) is 0.205. The molecule has 0 aliphatic heterocycles. The highest BCUT2D eigenvalue weighted by Gasteiger charge is 2.05. The second-order valence-corrected chi connectivity index (χ2v) is 3.79. The molecule has 76 valence electrons. The lowest BCUT2D eigenvalue weighted by molar-refractivity contribution is 0.448. The zero-order valence-electron chi connectivity index (χ0n) is 7.66. The van der Waals surface area contributed by atoms with Crippen LogP contribution in [0.3, 0.4) is 0 Å². The Morgan fingerprint density at radius 2 is 1.80 bits per heavy atom. The summed E-state index contributed by atoms with van der Waals surface area (Å²) < 4.78 is 0. The fourth-order valence-electron chi connectivity index (χ4n) is 1.02.